The van der Waals surface area contributed by atoms with Gasteiger partial charge in [-0.3, -0.25) is 0 Å². The molecule has 0 fully saturated rings. The monoisotopic (exact) mass is 900 g/mol. The maximum Gasteiger partial charge on any atom is 4.00 e. The van der Waals surface area contributed by atoms with Gasteiger partial charge in [-0.25, -0.2) is 0 Å². The van der Waals surface area contributed by atoms with Gasteiger partial charge in [0, 0.05) is 0 Å². The molecule has 0 amide bonds. The van der Waals surface area contributed by atoms with E-state index in [1.165, 1.54) is 78.1 Å². The van der Waals surface area contributed by atoms with Gasteiger partial charge in [-0.2, -0.15) is 12.1 Å². The average Bonchev–Trinajstić information content (AvgIpc) is 3.69. The predicted molar refractivity (Wildman–Crippen MR) is 244 cm³/mol. The summed E-state index contributed by atoms with van der Waals surface area (Å²) in [6.45, 7) is 32.9. The van der Waals surface area contributed by atoms with Crippen LogP contribution in [0.2, 0.25) is 12.1 Å². The number of hydrogen-bond acceptors (Lipinski definition) is 0. The normalized spacial score (nSPS) is 12.7. The molecule has 284 valence electrons. The molecule has 0 radical (unpaired) electrons. The Kier molecular flexibility index (Phi) is 13.5. The van der Waals surface area contributed by atoms with Crippen molar-refractivity contribution in [3.63, 3.8) is 0 Å². The van der Waals surface area contributed by atoms with Gasteiger partial charge in [0.1, 0.15) is 0 Å². The van der Waals surface area contributed by atoms with Crippen LogP contribution in [0.4, 0.5) is 0 Å². The third kappa shape index (κ3) is 8.61. The van der Waals surface area contributed by atoms with Gasteiger partial charge in [0.25, 0.3) is 0 Å². The summed E-state index contributed by atoms with van der Waals surface area (Å²) in [5.41, 5.74) is 11.3. The molecule has 0 aromatic heterocycles. The number of fused-ring (bicyclic) bond motifs is 2. The fourth-order valence-corrected chi connectivity index (χ4v) is 12.2. The molecule has 0 aliphatic carbocycles. The SMILES string of the molecule is CC[Si](CC)(c1cc2c(-c3cc(C(C)(C)C)cc(C(C)(C)C)c3)cccc2[cH-]1)c1cc2c(-c3cc(C(C)(C)C)cc(C(C)(C)C)c3)cccc2[cH-]1.[CH3-].[CH3-].[Hf+4]. The Bertz CT molecular complexity index is 1980. The Hall–Kier alpha value is -2.81. The third-order valence-corrected chi connectivity index (χ3v) is 17.0. The summed E-state index contributed by atoms with van der Waals surface area (Å²) >= 11 is 0. The molecule has 0 nitrogen and oxygen atoms in total. The van der Waals surface area contributed by atoms with Gasteiger partial charge in [0.15, 0.2) is 0 Å². The summed E-state index contributed by atoms with van der Waals surface area (Å²) in [4.78, 5) is 0. The van der Waals surface area contributed by atoms with Gasteiger partial charge in [-0.1, -0.05) is 169 Å². The first-order valence-corrected chi connectivity index (χ1v) is 21.8. The van der Waals surface area contributed by atoms with Crippen molar-refractivity contribution in [2.24, 2.45) is 0 Å². The molecule has 0 N–H and O–H groups in total. The Labute approximate surface area is 350 Å². The first-order valence-electron chi connectivity index (χ1n) is 19.4. The second kappa shape index (κ2) is 16.0. The molecule has 54 heavy (non-hydrogen) atoms. The van der Waals surface area contributed by atoms with Crippen molar-refractivity contribution in [1.82, 2.24) is 0 Å². The fourth-order valence-electron chi connectivity index (χ4n) is 8.06. The van der Waals surface area contributed by atoms with Crippen molar-refractivity contribution in [1.29, 1.82) is 0 Å². The molecule has 2 heteroatoms. The molecule has 0 aliphatic heterocycles. The summed E-state index contributed by atoms with van der Waals surface area (Å²) in [6, 6.07) is 41.2. The molecule has 0 spiro atoms. The summed E-state index contributed by atoms with van der Waals surface area (Å²) in [7, 11) is -2.07. The standard InChI is InChI=1S/C50H62Si.2CH3.Hf/c1-15-51(16-2,41-27-33-19-17-21-43(45(33)31-41)35-23-37(47(3,4)5)29-38(24-35)48(6,7)8)42-28-34-20-18-22-44(46(34)32-42)36-25-39(49(9,10)11)30-40(26-36)50(12,13)14;;;/h17-32H,15-16H2,1-14H3;2*1H3;/q-2;2*-1;+4. The summed E-state index contributed by atoms with van der Waals surface area (Å²) < 4.78 is 0. The van der Waals surface area contributed by atoms with E-state index in [0.717, 1.165) is 0 Å². The van der Waals surface area contributed by atoms with E-state index in [9.17, 15) is 0 Å². The quantitative estimate of drug-likeness (QED) is 0.115. The van der Waals surface area contributed by atoms with Crippen LogP contribution in [0, 0.1) is 14.9 Å². The van der Waals surface area contributed by atoms with Crippen molar-refractivity contribution < 1.29 is 25.8 Å². The van der Waals surface area contributed by atoms with Gasteiger partial charge in [0.2, 0.25) is 0 Å². The van der Waals surface area contributed by atoms with Gasteiger partial charge in [-0.05, 0) is 55.0 Å². The summed E-state index contributed by atoms with van der Waals surface area (Å²) in [6.07, 6.45) is 0. The minimum Gasteiger partial charge on any atom is -0.358 e. The van der Waals surface area contributed by atoms with E-state index in [2.05, 4.69) is 194 Å². The van der Waals surface area contributed by atoms with Gasteiger partial charge < -0.3 is 14.9 Å². The molecule has 0 unspecified atom stereocenters. The van der Waals surface area contributed by atoms with Crippen LogP contribution < -0.4 is 10.4 Å². The van der Waals surface area contributed by atoms with Crippen molar-refractivity contribution in [2.45, 2.75) is 131 Å². The van der Waals surface area contributed by atoms with Crippen LogP contribution >= 0.6 is 0 Å². The zero-order valence-corrected chi connectivity index (χ0v) is 41.2. The zero-order chi connectivity index (χ0) is 37.3. The minimum atomic E-state index is -2.07. The second-order valence-electron chi connectivity index (χ2n) is 19.5. The Morgan fingerprint density at radius 3 is 1.00 bits per heavy atom. The molecule has 6 aromatic carbocycles. The average molecular weight is 900 g/mol. The molecule has 0 saturated heterocycles. The topological polar surface area (TPSA) is 0 Å². The van der Waals surface area contributed by atoms with E-state index in [1.807, 2.05) is 0 Å². The molecule has 0 atom stereocenters. The van der Waals surface area contributed by atoms with Crippen molar-refractivity contribution in [2.75, 3.05) is 0 Å². The largest absolute Gasteiger partial charge is 4.00 e. The van der Waals surface area contributed by atoms with E-state index < -0.39 is 8.07 Å². The van der Waals surface area contributed by atoms with Gasteiger partial charge >= 0.3 is 25.8 Å². The molecule has 6 rings (SSSR count). The number of rotatable bonds is 6. The molecule has 6 aromatic rings. The Morgan fingerprint density at radius 1 is 0.444 bits per heavy atom. The van der Waals surface area contributed by atoms with Crippen LogP contribution in [0.25, 0.3) is 43.8 Å². The van der Waals surface area contributed by atoms with Gasteiger partial charge in [0.05, 0.1) is 8.07 Å². The minimum absolute atomic E-state index is 0. The molecule has 0 saturated carbocycles. The van der Waals surface area contributed by atoms with Crippen LogP contribution in [-0.4, -0.2) is 8.07 Å². The Morgan fingerprint density at radius 2 is 0.741 bits per heavy atom. The summed E-state index contributed by atoms with van der Waals surface area (Å²) in [5.74, 6) is 0. The van der Waals surface area contributed by atoms with E-state index in [-0.39, 0.29) is 62.4 Å². The van der Waals surface area contributed by atoms with Crippen LogP contribution in [0.1, 0.15) is 119 Å². The molecular formula is C52H68HfSi. The van der Waals surface area contributed by atoms with Crippen LogP contribution in [0.5, 0.6) is 0 Å². The third-order valence-electron chi connectivity index (χ3n) is 11.8. The second-order valence-corrected chi connectivity index (χ2v) is 24.2. The van der Waals surface area contributed by atoms with E-state index in [4.69, 9.17) is 0 Å². The van der Waals surface area contributed by atoms with Gasteiger partial charge in [-0.15, -0.1) is 68.3 Å². The van der Waals surface area contributed by atoms with E-state index in [1.54, 1.807) is 10.4 Å². The smallest absolute Gasteiger partial charge is 0.358 e. The first-order chi connectivity index (χ1) is 23.7. The van der Waals surface area contributed by atoms with E-state index >= 15 is 0 Å². The predicted octanol–water partition coefficient (Wildman–Crippen LogP) is 14.5. The summed E-state index contributed by atoms with van der Waals surface area (Å²) in [5, 5.41) is 8.65. The van der Waals surface area contributed by atoms with Crippen molar-refractivity contribution in [3.8, 4) is 22.3 Å². The zero-order valence-electron chi connectivity index (χ0n) is 36.7. The van der Waals surface area contributed by atoms with Crippen LogP contribution in [0.3, 0.4) is 0 Å². The number of hydrogen-bond donors (Lipinski definition) is 0. The molecule has 0 aliphatic rings. The molecule has 0 bridgehead atoms. The fraction of sp³-hybridized carbons (Fsp3) is 0.385. The van der Waals surface area contributed by atoms with Crippen molar-refractivity contribution in [3.05, 3.63) is 134 Å². The maximum atomic E-state index is 2.59. The van der Waals surface area contributed by atoms with Crippen LogP contribution in [-0.2, 0) is 47.5 Å². The number of benzene rings is 4. The van der Waals surface area contributed by atoms with E-state index in [0.29, 0.717) is 0 Å². The van der Waals surface area contributed by atoms with Crippen molar-refractivity contribution >= 4 is 40.0 Å². The maximum absolute atomic E-state index is 2.59. The molecular weight excluding hydrogens is 831 g/mol. The Balaban J connectivity index is 0.00000261. The van der Waals surface area contributed by atoms with Crippen LogP contribution in [0.15, 0.2) is 97.1 Å². The molecule has 0 heterocycles. The first kappa shape index (κ1) is 45.6.